The van der Waals surface area contributed by atoms with Crippen molar-refractivity contribution in [2.24, 2.45) is 11.6 Å². The van der Waals surface area contributed by atoms with Crippen LogP contribution in [0.15, 0.2) is 74.2 Å². The van der Waals surface area contributed by atoms with Crippen LogP contribution in [0, 0.1) is 13.8 Å². The van der Waals surface area contributed by atoms with Crippen molar-refractivity contribution in [1.82, 2.24) is 15.5 Å². The van der Waals surface area contributed by atoms with Crippen LogP contribution >= 0.6 is 0 Å². The van der Waals surface area contributed by atoms with E-state index < -0.39 is 0 Å². The first kappa shape index (κ1) is 24.3. The fourth-order valence-corrected chi connectivity index (χ4v) is 4.09. The van der Waals surface area contributed by atoms with Crippen LogP contribution < -0.4 is 22.3 Å². The molecule has 34 heavy (non-hydrogen) atoms. The van der Waals surface area contributed by atoms with Gasteiger partial charge in [-0.3, -0.25) is 5.43 Å². The molecule has 3 rings (SSSR count). The van der Waals surface area contributed by atoms with E-state index in [1.165, 1.54) is 17.5 Å². The fourth-order valence-electron chi connectivity index (χ4n) is 4.09. The van der Waals surface area contributed by atoms with Crippen molar-refractivity contribution in [3.8, 4) is 16.9 Å². The van der Waals surface area contributed by atoms with Crippen LogP contribution in [-0.4, -0.2) is 15.2 Å². The van der Waals surface area contributed by atoms with Gasteiger partial charge in [-0.1, -0.05) is 37.4 Å². The lowest BCUT2D eigenvalue weighted by molar-refractivity contribution is 0.338. The van der Waals surface area contributed by atoms with Gasteiger partial charge in [0.25, 0.3) is 0 Å². The van der Waals surface area contributed by atoms with Crippen molar-refractivity contribution in [1.29, 1.82) is 0 Å². The van der Waals surface area contributed by atoms with E-state index in [9.17, 15) is 5.11 Å². The monoisotopic (exact) mass is 456 g/mol. The second-order valence-corrected chi connectivity index (χ2v) is 7.95. The maximum absolute atomic E-state index is 9.73. The lowest BCUT2D eigenvalue weighted by Gasteiger charge is -2.18. The Morgan fingerprint density at radius 3 is 2.47 bits per heavy atom. The van der Waals surface area contributed by atoms with E-state index in [2.05, 4.69) is 48.0 Å². The average molecular weight is 457 g/mol. The third kappa shape index (κ3) is 5.16. The predicted molar refractivity (Wildman–Crippen MR) is 143 cm³/mol. The molecule has 0 spiro atoms. The maximum atomic E-state index is 9.73. The van der Waals surface area contributed by atoms with E-state index in [4.69, 9.17) is 11.6 Å². The number of hydrogen-bond donors (Lipinski definition) is 6. The second kappa shape index (κ2) is 10.5. The van der Waals surface area contributed by atoms with Crippen LogP contribution in [0.1, 0.15) is 35.0 Å². The zero-order valence-corrected chi connectivity index (χ0v) is 19.8. The van der Waals surface area contributed by atoms with E-state index in [1.807, 2.05) is 38.1 Å². The zero-order chi connectivity index (χ0) is 24.8. The highest BCUT2D eigenvalue weighted by atomic mass is 16.3. The number of allylic oxidation sites excluding steroid dienone is 1. The Morgan fingerprint density at radius 1 is 1.12 bits per heavy atom. The summed E-state index contributed by atoms with van der Waals surface area (Å²) in [5.41, 5.74) is 18.1. The Labute approximate surface area is 200 Å². The van der Waals surface area contributed by atoms with E-state index in [-0.39, 0.29) is 5.75 Å². The number of nitrogens with two attached hydrogens (primary N) is 2. The average Bonchev–Trinajstić information content (AvgIpc) is 3.07. The van der Waals surface area contributed by atoms with Crippen LogP contribution in [0.5, 0.6) is 5.75 Å². The number of aromatic hydroxyl groups is 1. The molecule has 176 valence electrons. The molecule has 0 fully saturated rings. The standard InChI is InChI=1S/C27H32N6O/c1-6-30-24-9-7-8-23(21-10-12-22(34)13-11-21)26(24)17(2)16-25-18(3)27(19(4)31-25)20(5)32-33(29)15-14-28/h6-16,30-32,34H,1,5,28-29H2,2-4H3/b15-14-,17-16+. The first-order valence-electron chi connectivity index (χ1n) is 10.8. The van der Waals surface area contributed by atoms with Crippen LogP contribution in [0.3, 0.4) is 0 Å². The number of rotatable bonds is 9. The summed E-state index contributed by atoms with van der Waals surface area (Å²) in [6.45, 7) is 14.1. The van der Waals surface area contributed by atoms with Crippen molar-refractivity contribution in [2.75, 3.05) is 5.32 Å². The summed E-state index contributed by atoms with van der Waals surface area (Å²) in [4.78, 5) is 3.47. The van der Waals surface area contributed by atoms with Crippen LogP contribution in [0.25, 0.3) is 28.5 Å². The van der Waals surface area contributed by atoms with E-state index in [1.54, 1.807) is 18.3 Å². The van der Waals surface area contributed by atoms with Gasteiger partial charge in [0.15, 0.2) is 0 Å². The molecule has 0 saturated carbocycles. The molecule has 0 amide bonds. The highest BCUT2D eigenvalue weighted by molar-refractivity contribution is 5.94. The molecule has 0 unspecified atom stereocenters. The number of phenols is 1. The molecule has 7 nitrogen and oxygen atoms in total. The molecule has 0 radical (unpaired) electrons. The molecule has 2 aromatic carbocycles. The van der Waals surface area contributed by atoms with Gasteiger partial charge in [-0.25, -0.2) is 11.0 Å². The molecule has 0 aliphatic carbocycles. The van der Waals surface area contributed by atoms with E-state index >= 15 is 0 Å². The summed E-state index contributed by atoms with van der Waals surface area (Å²) in [6, 6.07) is 13.3. The summed E-state index contributed by atoms with van der Waals surface area (Å²) in [5, 5.41) is 14.2. The SMILES string of the molecule is C=CNc1cccc(-c2ccc(O)cc2)c1/C(C)=C/c1[nH]c(C)c(C(=C)NN(N)/C=C\N)c1C. The molecule has 7 heteroatoms. The lowest BCUT2D eigenvalue weighted by atomic mass is 9.92. The van der Waals surface area contributed by atoms with Gasteiger partial charge in [0.05, 0.1) is 11.9 Å². The minimum Gasteiger partial charge on any atom is -0.508 e. The molecule has 0 bridgehead atoms. The highest BCUT2D eigenvalue weighted by Gasteiger charge is 2.16. The van der Waals surface area contributed by atoms with Gasteiger partial charge in [-0.05, 0) is 73.5 Å². The molecule has 0 aliphatic rings. The smallest absolute Gasteiger partial charge is 0.115 e. The molecule has 8 N–H and O–H groups in total. The number of aromatic nitrogens is 1. The normalized spacial score (nSPS) is 11.5. The number of aryl methyl sites for hydroxylation is 1. The predicted octanol–water partition coefficient (Wildman–Crippen LogP) is 5.20. The summed E-state index contributed by atoms with van der Waals surface area (Å²) >= 11 is 0. The van der Waals surface area contributed by atoms with Gasteiger partial charge in [0, 0.05) is 34.4 Å². The van der Waals surface area contributed by atoms with Gasteiger partial charge in [0.2, 0.25) is 0 Å². The Morgan fingerprint density at radius 2 is 1.82 bits per heavy atom. The quantitative estimate of drug-likeness (QED) is 0.195. The van der Waals surface area contributed by atoms with Crippen molar-refractivity contribution < 1.29 is 5.11 Å². The number of H-pyrrole nitrogens is 1. The number of hydrogen-bond acceptors (Lipinski definition) is 6. The number of aromatic amines is 1. The Balaban J connectivity index is 2.08. The number of hydrazine groups is 2. The van der Waals surface area contributed by atoms with E-state index in [0.717, 1.165) is 50.5 Å². The summed E-state index contributed by atoms with van der Waals surface area (Å²) < 4.78 is 0. The van der Waals surface area contributed by atoms with Gasteiger partial charge in [-0.2, -0.15) is 0 Å². The third-order valence-corrected chi connectivity index (χ3v) is 5.54. The summed E-state index contributed by atoms with van der Waals surface area (Å²) in [5.74, 6) is 6.09. The molecule has 0 atom stereocenters. The van der Waals surface area contributed by atoms with Crippen molar-refractivity contribution >= 4 is 23.0 Å². The largest absolute Gasteiger partial charge is 0.508 e. The first-order valence-corrected chi connectivity index (χ1v) is 10.8. The molecule has 1 heterocycles. The number of phenolic OH excluding ortho intramolecular Hbond substituents is 1. The van der Waals surface area contributed by atoms with Crippen LogP contribution in [0.4, 0.5) is 5.69 Å². The second-order valence-electron chi connectivity index (χ2n) is 7.95. The van der Waals surface area contributed by atoms with Gasteiger partial charge >= 0.3 is 0 Å². The molecule has 0 aliphatic heterocycles. The minimum atomic E-state index is 0.231. The number of nitrogens with one attached hydrogen (secondary N) is 3. The number of anilines is 1. The lowest BCUT2D eigenvalue weighted by Crippen LogP contribution is -2.38. The number of benzene rings is 2. The summed E-state index contributed by atoms with van der Waals surface area (Å²) in [7, 11) is 0. The highest BCUT2D eigenvalue weighted by Crippen LogP contribution is 2.37. The Hall–Kier alpha value is -4.36. The fraction of sp³-hybridized carbons (Fsp3) is 0.111. The summed E-state index contributed by atoms with van der Waals surface area (Å²) in [6.07, 6.45) is 6.63. The zero-order valence-electron chi connectivity index (χ0n) is 19.8. The van der Waals surface area contributed by atoms with Crippen LogP contribution in [0.2, 0.25) is 0 Å². The maximum Gasteiger partial charge on any atom is 0.115 e. The van der Waals surface area contributed by atoms with E-state index in [0.29, 0.717) is 5.70 Å². The van der Waals surface area contributed by atoms with Crippen molar-refractivity contribution in [3.05, 3.63) is 102 Å². The van der Waals surface area contributed by atoms with Crippen molar-refractivity contribution in [3.63, 3.8) is 0 Å². The first-order chi connectivity index (χ1) is 16.3. The number of nitrogens with zero attached hydrogens (tertiary/aromatic N) is 1. The Bertz CT molecular complexity index is 1250. The molecule has 3 aromatic rings. The minimum absolute atomic E-state index is 0.231. The molecule has 0 saturated heterocycles. The van der Waals surface area contributed by atoms with Gasteiger partial charge in [-0.15, -0.1) is 0 Å². The van der Waals surface area contributed by atoms with Crippen LogP contribution in [-0.2, 0) is 0 Å². The third-order valence-electron chi connectivity index (χ3n) is 5.54. The van der Waals surface area contributed by atoms with Gasteiger partial charge < -0.3 is 21.1 Å². The molecular formula is C27H32N6O. The Kier molecular flexibility index (Phi) is 7.50. The topological polar surface area (TPSA) is 115 Å². The van der Waals surface area contributed by atoms with Crippen molar-refractivity contribution in [2.45, 2.75) is 20.8 Å². The van der Waals surface area contributed by atoms with Gasteiger partial charge in [0.1, 0.15) is 5.75 Å². The molecular weight excluding hydrogens is 424 g/mol. The molecule has 1 aromatic heterocycles.